The topological polar surface area (TPSA) is 96.3 Å². The Morgan fingerprint density at radius 2 is 1.87 bits per heavy atom. The van der Waals surface area contributed by atoms with Crippen molar-refractivity contribution in [1.29, 1.82) is 0 Å². The number of nitrogens with zero attached hydrogens (tertiary/aromatic N) is 3. The number of amides is 3. The Morgan fingerprint density at radius 3 is 2.52 bits per heavy atom. The molecular formula is C23H31N5O3. The van der Waals surface area contributed by atoms with Crippen LogP contribution in [0.5, 0.6) is 0 Å². The molecule has 3 rings (SSSR count). The number of likely N-dealkylation sites (N-methyl/N-ethyl adjacent to an activating group) is 1. The first-order valence-electron chi connectivity index (χ1n) is 10.6. The maximum Gasteiger partial charge on any atom is 0.272 e. The largest absolute Gasteiger partial charge is 0.351 e. The molecule has 166 valence electrons. The van der Waals surface area contributed by atoms with Gasteiger partial charge in [-0.15, -0.1) is 0 Å². The zero-order chi connectivity index (χ0) is 22.8. The van der Waals surface area contributed by atoms with E-state index in [1.54, 1.807) is 14.0 Å². The molecule has 1 atom stereocenters. The molecule has 31 heavy (non-hydrogen) atoms. The Labute approximate surface area is 183 Å². The maximum atomic E-state index is 13.0. The molecule has 0 saturated heterocycles. The number of carbonyl (C=O) groups excluding carboxylic acids is 3. The van der Waals surface area contributed by atoms with Crippen molar-refractivity contribution in [3.63, 3.8) is 0 Å². The van der Waals surface area contributed by atoms with E-state index in [0.717, 1.165) is 17.5 Å². The van der Waals surface area contributed by atoms with Gasteiger partial charge in [-0.25, -0.2) is 0 Å². The molecule has 2 heterocycles. The molecule has 0 bridgehead atoms. The van der Waals surface area contributed by atoms with Gasteiger partial charge in [0.05, 0.1) is 6.54 Å². The first-order chi connectivity index (χ1) is 14.6. The summed E-state index contributed by atoms with van der Waals surface area (Å²) in [6.07, 6.45) is 0.861. The molecule has 0 radical (unpaired) electrons. The minimum atomic E-state index is -1.12. The van der Waals surface area contributed by atoms with Crippen molar-refractivity contribution >= 4 is 17.7 Å². The van der Waals surface area contributed by atoms with Crippen molar-refractivity contribution in [3.05, 3.63) is 52.8 Å². The van der Waals surface area contributed by atoms with Crippen LogP contribution >= 0.6 is 0 Å². The molecule has 0 fully saturated rings. The van der Waals surface area contributed by atoms with Gasteiger partial charge in [0, 0.05) is 26.2 Å². The number of fused-ring (bicyclic) bond motifs is 1. The van der Waals surface area contributed by atoms with Gasteiger partial charge < -0.3 is 15.5 Å². The first-order valence-corrected chi connectivity index (χ1v) is 10.6. The third-order valence-electron chi connectivity index (χ3n) is 5.80. The predicted molar refractivity (Wildman–Crippen MR) is 118 cm³/mol. The van der Waals surface area contributed by atoms with Crippen molar-refractivity contribution in [1.82, 2.24) is 25.3 Å². The number of nitrogens with one attached hydrogen (secondary N) is 2. The summed E-state index contributed by atoms with van der Waals surface area (Å²) in [6, 6.07) is 9.40. The van der Waals surface area contributed by atoms with E-state index < -0.39 is 5.54 Å². The van der Waals surface area contributed by atoms with Gasteiger partial charge in [0.2, 0.25) is 5.91 Å². The van der Waals surface area contributed by atoms with Gasteiger partial charge in [-0.05, 0) is 31.7 Å². The molecule has 2 aromatic rings. The summed E-state index contributed by atoms with van der Waals surface area (Å²) in [5.41, 5.74) is 1.50. The summed E-state index contributed by atoms with van der Waals surface area (Å²) in [5.74, 6) is -0.450. The zero-order valence-corrected chi connectivity index (χ0v) is 18.9. The van der Waals surface area contributed by atoms with E-state index in [9.17, 15) is 14.4 Å². The Hall–Kier alpha value is -3.16. The van der Waals surface area contributed by atoms with Crippen molar-refractivity contribution < 1.29 is 14.4 Å². The molecule has 1 unspecified atom stereocenters. The SMILES string of the molecule is Cc1ccc(CNC(=O)C2(C)Cn3nc(C(=O)NCCC(C)C)cc3C(=O)N2C)cc1. The molecule has 8 nitrogen and oxygen atoms in total. The van der Waals surface area contributed by atoms with Crippen LogP contribution in [0.2, 0.25) is 0 Å². The summed E-state index contributed by atoms with van der Waals surface area (Å²) in [7, 11) is 1.60. The number of benzene rings is 1. The van der Waals surface area contributed by atoms with Crippen molar-refractivity contribution in [2.45, 2.75) is 52.7 Å². The second-order valence-corrected chi connectivity index (χ2v) is 8.82. The van der Waals surface area contributed by atoms with Gasteiger partial charge in [-0.2, -0.15) is 5.10 Å². The first kappa shape index (κ1) is 22.5. The molecule has 0 aliphatic carbocycles. The third kappa shape index (κ3) is 4.78. The van der Waals surface area contributed by atoms with E-state index in [1.807, 2.05) is 31.2 Å². The lowest BCUT2D eigenvalue weighted by Gasteiger charge is -2.40. The molecular weight excluding hydrogens is 394 g/mol. The minimum absolute atomic E-state index is 0.170. The Kier molecular flexibility index (Phi) is 6.48. The highest BCUT2D eigenvalue weighted by molar-refractivity contribution is 6.01. The second-order valence-electron chi connectivity index (χ2n) is 8.82. The number of hydrogen-bond donors (Lipinski definition) is 2. The average molecular weight is 426 g/mol. The smallest absolute Gasteiger partial charge is 0.272 e. The van der Waals surface area contributed by atoms with Crippen LogP contribution in [-0.4, -0.2) is 51.5 Å². The van der Waals surface area contributed by atoms with Gasteiger partial charge in [0.25, 0.3) is 11.8 Å². The Morgan fingerprint density at radius 1 is 1.19 bits per heavy atom. The maximum absolute atomic E-state index is 13.0. The third-order valence-corrected chi connectivity index (χ3v) is 5.80. The lowest BCUT2D eigenvalue weighted by atomic mass is 9.95. The predicted octanol–water partition coefficient (Wildman–Crippen LogP) is 2.13. The number of rotatable bonds is 7. The number of carbonyl (C=O) groups is 3. The number of aromatic nitrogens is 2. The van der Waals surface area contributed by atoms with Gasteiger partial charge in [-0.3, -0.25) is 19.1 Å². The fourth-order valence-electron chi connectivity index (χ4n) is 3.48. The Bertz CT molecular complexity index is 980. The zero-order valence-electron chi connectivity index (χ0n) is 18.9. The van der Waals surface area contributed by atoms with E-state index in [-0.39, 0.29) is 30.0 Å². The van der Waals surface area contributed by atoms with Crippen LogP contribution in [0, 0.1) is 12.8 Å². The fraction of sp³-hybridized carbons (Fsp3) is 0.478. The van der Waals surface area contributed by atoms with Crippen molar-refractivity contribution in [3.8, 4) is 0 Å². The normalized spacial score (nSPS) is 18.1. The quantitative estimate of drug-likeness (QED) is 0.710. The molecule has 8 heteroatoms. The van der Waals surface area contributed by atoms with Gasteiger partial charge >= 0.3 is 0 Å². The van der Waals surface area contributed by atoms with Crippen molar-refractivity contribution in [2.75, 3.05) is 13.6 Å². The van der Waals surface area contributed by atoms with E-state index in [0.29, 0.717) is 24.7 Å². The summed E-state index contributed by atoms with van der Waals surface area (Å²) < 4.78 is 1.46. The monoisotopic (exact) mass is 425 g/mol. The highest BCUT2D eigenvalue weighted by atomic mass is 16.2. The van der Waals surface area contributed by atoms with Crippen LogP contribution in [0.3, 0.4) is 0 Å². The van der Waals surface area contributed by atoms with E-state index in [2.05, 4.69) is 29.6 Å². The summed E-state index contributed by atoms with van der Waals surface area (Å²) in [5, 5.41) is 10.1. The lowest BCUT2D eigenvalue weighted by molar-refractivity contribution is -0.132. The molecule has 1 aliphatic rings. The highest BCUT2D eigenvalue weighted by Gasteiger charge is 2.46. The molecule has 0 spiro atoms. The van der Waals surface area contributed by atoms with Gasteiger partial charge in [-0.1, -0.05) is 43.7 Å². The van der Waals surface area contributed by atoms with Gasteiger partial charge in [0.15, 0.2) is 5.69 Å². The van der Waals surface area contributed by atoms with Crippen LogP contribution in [0.15, 0.2) is 30.3 Å². The van der Waals surface area contributed by atoms with Crippen LogP contribution < -0.4 is 10.6 Å². The van der Waals surface area contributed by atoms with Crippen LogP contribution in [0.1, 0.15) is 59.3 Å². The molecule has 1 aliphatic heterocycles. The standard InChI is InChI=1S/C23H31N5O3/c1-15(2)10-11-24-20(29)18-12-19-21(30)27(5)23(4,14-28(19)26-18)22(31)25-13-17-8-6-16(3)7-9-17/h6-9,12,15H,10-11,13-14H2,1-5H3,(H,24,29)(H,25,31). The van der Waals surface area contributed by atoms with Crippen LogP contribution in [0.25, 0.3) is 0 Å². The molecule has 2 N–H and O–H groups in total. The van der Waals surface area contributed by atoms with Crippen LogP contribution in [0.4, 0.5) is 0 Å². The lowest BCUT2D eigenvalue weighted by Crippen LogP contribution is -2.62. The highest BCUT2D eigenvalue weighted by Crippen LogP contribution is 2.26. The van der Waals surface area contributed by atoms with E-state index in [4.69, 9.17) is 0 Å². The molecule has 3 amide bonds. The summed E-state index contributed by atoms with van der Waals surface area (Å²) >= 11 is 0. The van der Waals surface area contributed by atoms with E-state index >= 15 is 0 Å². The summed E-state index contributed by atoms with van der Waals surface area (Å²) in [4.78, 5) is 39.8. The average Bonchev–Trinajstić information content (AvgIpc) is 3.15. The van der Waals surface area contributed by atoms with Gasteiger partial charge in [0.1, 0.15) is 11.2 Å². The molecule has 1 aromatic carbocycles. The number of aryl methyl sites for hydroxylation is 1. The summed E-state index contributed by atoms with van der Waals surface area (Å²) in [6.45, 7) is 8.97. The minimum Gasteiger partial charge on any atom is -0.351 e. The second kappa shape index (κ2) is 8.91. The van der Waals surface area contributed by atoms with E-state index in [1.165, 1.54) is 15.6 Å². The molecule has 0 saturated carbocycles. The van der Waals surface area contributed by atoms with Crippen LogP contribution in [-0.2, 0) is 17.9 Å². The molecule has 1 aromatic heterocycles. The fourth-order valence-corrected chi connectivity index (χ4v) is 3.48. The van der Waals surface area contributed by atoms with Crippen molar-refractivity contribution in [2.24, 2.45) is 5.92 Å². The Balaban J connectivity index is 1.72. The number of hydrogen-bond acceptors (Lipinski definition) is 4.